The van der Waals surface area contributed by atoms with Crippen molar-refractivity contribution in [3.63, 3.8) is 0 Å². The van der Waals surface area contributed by atoms with Crippen LogP contribution in [0.3, 0.4) is 0 Å². The van der Waals surface area contributed by atoms with Gasteiger partial charge in [0, 0.05) is 18.0 Å². The summed E-state index contributed by atoms with van der Waals surface area (Å²) in [6, 6.07) is 1.14. The van der Waals surface area contributed by atoms with E-state index >= 15 is 0 Å². The highest BCUT2D eigenvalue weighted by Gasteiger charge is 2.29. The third-order valence-corrected chi connectivity index (χ3v) is 2.39. The van der Waals surface area contributed by atoms with Gasteiger partial charge in [0.15, 0.2) is 5.22 Å². The Hall–Kier alpha value is -0.680. The highest BCUT2D eigenvalue weighted by atomic mass is 35.5. The molecular weight excluding hydrogens is 231 g/mol. The minimum Gasteiger partial charge on any atom is -0.453 e. The molecular formula is C9H11ClF3NO. The van der Waals surface area contributed by atoms with Crippen LogP contribution in [0.1, 0.15) is 24.4 Å². The lowest BCUT2D eigenvalue weighted by Crippen LogP contribution is -2.19. The van der Waals surface area contributed by atoms with Crippen LogP contribution >= 0.6 is 11.6 Å². The van der Waals surface area contributed by atoms with Crippen LogP contribution in [0, 0.1) is 0 Å². The monoisotopic (exact) mass is 241 g/mol. The summed E-state index contributed by atoms with van der Waals surface area (Å²) in [5.41, 5.74) is 0.559. The van der Waals surface area contributed by atoms with Crippen molar-refractivity contribution in [2.45, 2.75) is 25.1 Å². The predicted molar refractivity (Wildman–Crippen MR) is 50.8 cm³/mol. The Balaban J connectivity index is 2.61. The smallest absolute Gasteiger partial charge is 0.389 e. The second-order valence-corrected chi connectivity index (χ2v) is 3.49. The molecule has 0 aliphatic carbocycles. The molecule has 0 amide bonds. The molecule has 0 fully saturated rings. The van der Waals surface area contributed by atoms with Gasteiger partial charge in [-0.15, -0.1) is 0 Å². The number of furan rings is 1. The minimum atomic E-state index is -4.15. The Morgan fingerprint density at radius 2 is 2.20 bits per heavy atom. The van der Waals surface area contributed by atoms with E-state index in [1.165, 1.54) is 6.26 Å². The molecule has 0 aliphatic heterocycles. The normalized spacial score (nSPS) is 14.2. The van der Waals surface area contributed by atoms with E-state index in [2.05, 4.69) is 5.32 Å². The van der Waals surface area contributed by atoms with Gasteiger partial charge in [-0.05, 0) is 31.1 Å². The van der Waals surface area contributed by atoms with Crippen LogP contribution in [0.5, 0.6) is 0 Å². The molecule has 1 aromatic heterocycles. The lowest BCUT2D eigenvalue weighted by Gasteiger charge is -2.15. The zero-order valence-corrected chi connectivity index (χ0v) is 8.82. The number of rotatable bonds is 4. The quantitative estimate of drug-likeness (QED) is 0.872. The molecule has 2 nitrogen and oxygen atoms in total. The third-order valence-electron chi connectivity index (χ3n) is 2.09. The van der Waals surface area contributed by atoms with Crippen LogP contribution in [0.4, 0.5) is 13.2 Å². The molecule has 0 spiro atoms. The van der Waals surface area contributed by atoms with E-state index < -0.39 is 18.6 Å². The van der Waals surface area contributed by atoms with Crippen LogP contribution in [0.15, 0.2) is 16.7 Å². The number of hydrogen-bond acceptors (Lipinski definition) is 2. The van der Waals surface area contributed by atoms with Gasteiger partial charge in [0.1, 0.15) is 0 Å². The van der Waals surface area contributed by atoms with Gasteiger partial charge in [-0.3, -0.25) is 0 Å². The third kappa shape index (κ3) is 3.76. The summed E-state index contributed by atoms with van der Waals surface area (Å²) in [6.45, 7) is 0. The van der Waals surface area contributed by atoms with Gasteiger partial charge >= 0.3 is 6.18 Å². The van der Waals surface area contributed by atoms with Gasteiger partial charge in [0.05, 0.1) is 6.26 Å². The Kier molecular flexibility index (Phi) is 4.04. The van der Waals surface area contributed by atoms with Gasteiger partial charge in [-0.25, -0.2) is 0 Å². The lowest BCUT2D eigenvalue weighted by molar-refractivity contribution is -0.136. The van der Waals surface area contributed by atoms with Crippen molar-refractivity contribution in [3.05, 3.63) is 23.1 Å². The number of nitrogens with one attached hydrogen (secondary N) is 1. The maximum absolute atomic E-state index is 12.0. The fraction of sp³-hybridized carbons (Fsp3) is 0.556. The Morgan fingerprint density at radius 1 is 1.53 bits per heavy atom. The maximum Gasteiger partial charge on any atom is 0.389 e. The van der Waals surface area contributed by atoms with Crippen LogP contribution < -0.4 is 5.32 Å². The number of hydrogen-bond donors (Lipinski definition) is 1. The van der Waals surface area contributed by atoms with Crippen LogP contribution in [0.2, 0.25) is 5.22 Å². The van der Waals surface area contributed by atoms with Gasteiger partial charge < -0.3 is 9.73 Å². The fourth-order valence-electron chi connectivity index (χ4n) is 1.32. The first-order valence-electron chi connectivity index (χ1n) is 4.41. The first-order valence-corrected chi connectivity index (χ1v) is 4.78. The summed E-state index contributed by atoms with van der Waals surface area (Å²) in [6.07, 6.45) is -3.69. The van der Waals surface area contributed by atoms with E-state index in [1.807, 2.05) is 0 Å². The van der Waals surface area contributed by atoms with Crippen LogP contribution in [-0.2, 0) is 0 Å². The summed E-state index contributed by atoms with van der Waals surface area (Å²) >= 11 is 5.68. The summed E-state index contributed by atoms with van der Waals surface area (Å²) in [5, 5.41) is 2.91. The number of halogens is 4. The molecule has 1 atom stereocenters. The van der Waals surface area contributed by atoms with Crippen LogP contribution in [0.25, 0.3) is 0 Å². The van der Waals surface area contributed by atoms with Crippen molar-refractivity contribution in [1.29, 1.82) is 0 Å². The minimum absolute atomic E-state index is 0.0563. The Bertz CT molecular complexity index is 311. The van der Waals surface area contributed by atoms with Crippen molar-refractivity contribution in [3.8, 4) is 0 Å². The van der Waals surface area contributed by atoms with E-state index in [4.69, 9.17) is 16.0 Å². The van der Waals surface area contributed by atoms with Crippen molar-refractivity contribution in [2.75, 3.05) is 7.05 Å². The first kappa shape index (κ1) is 12.4. The average molecular weight is 242 g/mol. The predicted octanol–water partition coefficient (Wildman–Crippen LogP) is 3.54. The first-order chi connectivity index (χ1) is 6.94. The van der Waals surface area contributed by atoms with E-state index in [0.29, 0.717) is 5.56 Å². The van der Waals surface area contributed by atoms with Crippen molar-refractivity contribution >= 4 is 11.6 Å². The van der Waals surface area contributed by atoms with E-state index in [-0.39, 0.29) is 11.6 Å². The van der Waals surface area contributed by atoms with Crippen molar-refractivity contribution in [1.82, 2.24) is 5.32 Å². The van der Waals surface area contributed by atoms with E-state index in [9.17, 15) is 13.2 Å². The molecule has 0 aromatic carbocycles. The molecule has 1 N–H and O–H groups in total. The molecule has 15 heavy (non-hydrogen) atoms. The second-order valence-electron chi connectivity index (χ2n) is 3.14. The lowest BCUT2D eigenvalue weighted by atomic mass is 10.1. The van der Waals surface area contributed by atoms with Gasteiger partial charge in [0.2, 0.25) is 0 Å². The van der Waals surface area contributed by atoms with Gasteiger partial charge in [0.25, 0.3) is 0 Å². The molecule has 0 saturated heterocycles. The Morgan fingerprint density at radius 3 is 2.60 bits per heavy atom. The van der Waals surface area contributed by atoms with Crippen molar-refractivity contribution in [2.24, 2.45) is 0 Å². The van der Waals surface area contributed by atoms with E-state index in [0.717, 1.165) is 0 Å². The summed E-state index contributed by atoms with van der Waals surface area (Å²) in [7, 11) is 1.59. The highest BCUT2D eigenvalue weighted by Crippen LogP contribution is 2.31. The molecule has 86 valence electrons. The zero-order chi connectivity index (χ0) is 11.5. The summed E-state index contributed by atoms with van der Waals surface area (Å²) in [4.78, 5) is 0. The highest BCUT2D eigenvalue weighted by molar-refractivity contribution is 6.29. The van der Waals surface area contributed by atoms with E-state index in [1.54, 1.807) is 13.1 Å². The standard InChI is InChI=1S/C9H11ClF3NO/c1-14-7(2-4-9(11,12)13)6-3-5-15-8(6)10/h3,5,7,14H,2,4H2,1H3. The van der Waals surface area contributed by atoms with Crippen LogP contribution in [-0.4, -0.2) is 13.2 Å². The van der Waals surface area contributed by atoms with Gasteiger partial charge in [-0.2, -0.15) is 13.2 Å². The summed E-state index contributed by atoms with van der Waals surface area (Å²) in [5.74, 6) is 0. The summed E-state index contributed by atoms with van der Waals surface area (Å²) < 4.78 is 40.9. The molecule has 6 heteroatoms. The molecule has 1 rings (SSSR count). The zero-order valence-electron chi connectivity index (χ0n) is 8.07. The number of alkyl halides is 3. The SMILES string of the molecule is CNC(CCC(F)(F)F)c1ccoc1Cl. The molecule has 1 unspecified atom stereocenters. The largest absolute Gasteiger partial charge is 0.453 e. The molecule has 1 heterocycles. The van der Waals surface area contributed by atoms with Gasteiger partial charge in [-0.1, -0.05) is 0 Å². The Labute approximate surface area is 90.4 Å². The molecule has 0 bridgehead atoms. The maximum atomic E-state index is 12.0. The fourth-order valence-corrected chi connectivity index (χ4v) is 1.56. The topological polar surface area (TPSA) is 25.2 Å². The molecule has 0 saturated carbocycles. The average Bonchev–Trinajstić information content (AvgIpc) is 2.52. The molecule has 0 radical (unpaired) electrons. The van der Waals surface area contributed by atoms with Crippen molar-refractivity contribution < 1.29 is 17.6 Å². The molecule has 1 aromatic rings. The molecule has 0 aliphatic rings. The second kappa shape index (κ2) is 4.90.